The first-order valence-electron chi connectivity index (χ1n) is 8.60. The molecule has 0 aliphatic heterocycles. The third kappa shape index (κ3) is 3.90. The molecule has 26 heavy (non-hydrogen) atoms. The third-order valence-corrected chi connectivity index (χ3v) is 5.63. The Hall–Kier alpha value is -1.95. The molecule has 4 nitrogen and oxygen atoms in total. The molecule has 3 aromatic rings. The summed E-state index contributed by atoms with van der Waals surface area (Å²) in [4.78, 5) is 21.0. The van der Waals surface area contributed by atoms with Crippen molar-refractivity contribution in [3.8, 4) is 0 Å². The Morgan fingerprint density at radius 1 is 1.23 bits per heavy atom. The topological polar surface area (TPSA) is 37.6 Å². The number of nitrogens with zero attached hydrogens (tertiary/aromatic N) is 2. The summed E-state index contributed by atoms with van der Waals surface area (Å²) >= 11 is 7.78. The van der Waals surface area contributed by atoms with Gasteiger partial charge in [0.05, 0.1) is 36.9 Å². The van der Waals surface area contributed by atoms with E-state index in [2.05, 4.69) is 19.1 Å². The number of carbonyl (C=O) groups excluding carboxylic acids is 1. The summed E-state index contributed by atoms with van der Waals surface area (Å²) in [5, 5.41) is 1.31. The van der Waals surface area contributed by atoms with Crippen molar-refractivity contribution in [2.45, 2.75) is 13.8 Å². The number of halogens is 1. The number of anilines is 1. The highest BCUT2D eigenvalue weighted by Crippen LogP contribution is 2.33. The number of thiazole rings is 1. The smallest absolute Gasteiger partial charge is 0.260 e. The second-order valence-electron chi connectivity index (χ2n) is 6.82. The monoisotopic (exact) mass is 388 g/mol. The Morgan fingerprint density at radius 2 is 2.00 bits per heavy atom. The van der Waals surface area contributed by atoms with Crippen molar-refractivity contribution in [1.29, 1.82) is 0 Å². The fourth-order valence-electron chi connectivity index (χ4n) is 2.84. The van der Waals surface area contributed by atoms with Crippen LogP contribution in [0.4, 0.5) is 5.13 Å². The molecule has 0 aliphatic carbocycles. The number of amides is 1. The molecule has 0 saturated heterocycles. The molecule has 0 unspecified atom stereocenters. The molecule has 0 bridgehead atoms. The van der Waals surface area contributed by atoms with Gasteiger partial charge >= 0.3 is 0 Å². The third-order valence-electron chi connectivity index (χ3n) is 4.28. The molecular weight excluding hydrogens is 366 g/mol. The van der Waals surface area contributed by atoms with E-state index in [4.69, 9.17) is 11.6 Å². The molecule has 0 saturated carbocycles. The van der Waals surface area contributed by atoms with Crippen molar-refractivity contribution in [2.75, 3.05) is 32.1 Å². The summed E-state index contributed by atoms with van der Waals surface area (Å²) in [6, 6.07) is 11.6. The summed E-state index contributed by atoms with van der Waals surface area (Å²) in [5.74, 6) is -0.0149. The minimum absolute atomic E-state index is 0.0149. The largest absolute Gasteiger partial charge is 0.338 e. The first kappa shape index (κ1) is 18.8. The number of hydrogen-bond acceptors (Lipinski definition) is 3. The zero-order valence-corrected chi connectivity index (χ0v) is 17.0. The van der Waals surface area contributed by atoms with Crippen LogP contribution in [-0.2, 0) is 0 Å². The molecule has 0 spiro atoms. The van der Waals surface area contributed by atoms with Crippen LogP contribution in [0.1, 0.15) is 21.5 Å². The number of fused-ring (bicyclic) bond motifs is 1. The van der Waals surface area contributed by atoms with Gasteiger partial charge in [0, 0.05) is 5.56 Å². The second-order valence-corrected chi connectivity index (χ2v) is 8.23. The Morgan fingerprint density at radius 3 is 2.65 bits per heavy atom. The van der Waals surface area contributed by atoms with Crippen molar-refractivity contribution in [2.24, 2.45) is 0 Å². The summed E-state index contributed by atoms with van der Waals surface area (Å²) in [6.45, 7) is 5.45. The van der Waals surface area contributed by atoms with Gasteiger partial charge in [-0.25, -0.2) is 4.98 Å². The lowest BCUT2D eigenvalue weighted by molar-refractivity contribution is -0.856. The van der Waals surface area contributed by atoms with Crippen LogP contribution in [0.2, 0.25) is 5.02 Å². The number of aromatic nitrogens is 1. The van der Waals surface area contributed by atoms with Gasteiger partial charge in [0.25, 0.3) is 5.91 Å². The maximum atomic E-state index is 13.3. The second kappa shape index (κ2) is 7.74. The van der Waals surface area contributed by atoms with E-state index in [0.29, 0.717) is 16.7 Å². The molecule has 1 amide bonds. The van der Waals surface area contributed by atoms with Crippen LogP contribution in [0.15, 0.2) is 36.4 Å². The molecule has 6 heteroatoms. The van der Waals surface area contributed by atoms with E-state index >= 15 is 0 Å². The van der Waals surface area contributed by atoms with E-state index in [1.54, 1.807) is 4.90 Å². The number of para-hydroxylation sites is 1. The highest BCUT2D eigenvalue weighted by atomic mass is 35.5. The van der Waals surface area contributed by atoms with Gasteiger partial charge < -0.3 is 4.90 Å². The first-order valence-corrected chi connectivity index (χ1v) is 9.79. The predicted octanol–water partition coefficient (Wildman–Crippen LogP) is 3.36. The van der Waals surface area contributed by atoms with E-state index in [1.165, 1.54) is 16.2 Å². The Kier molecular flexibility index (Phi) is 5.61. The lowest BCUT2D eigenvalue weighted by Gasteiger charge is -2.21. The van der Waals surface area contributed by atoms with Gasteiger partial charge in [-0.1, -0.05) is 46.7 Å². The van der Waals surface area contributed by atoms with Crippen LogP contribution in [0, 0.1) is 13.8 Å². The van der Waals surface area contributed by atoms with Crippen molar-refractivity contribution in [3.05, 3.63) is 58.1 Å². The van der Waals surface area contributed by atoms with E-state index in [9.17, 15) is 4.79 Å². The average molecular weight is 389 g/mol. The molecule has 0 atom stereocenters. The van der Waals surface area contributed by atoms with Crippen LogP contribution in [0.5, 0.6) is 0 Å². The van der Waals surface area contributed by atoms with Gasteiger partial charge in [0.15, 0.2) is 5.13 Å². The summed E-state index contributed by atoms with van der Waals surface area (Å²) in [6.07, 6.45) is 0. The van der Waals surface area contributed by atoms with Crippen molar-refractivity contribution >= 4 is 44.2 Å². The molecule has 1 heterocycles. The summed E-state index contributed by atoms with van der Waals surface area (Å²) in [5.41, 5.74) is 3.60. The van der Waals surface area contributed by atoms with Gasteiger partial charge in [-0.15, -0.1) is 0 Å². The molecular formula is C20H23ClN3OS+. The maximum absolute atomic E-state index is 13.3. The SMILES string of the molecule is Cc1ccc(C(=O)N(CC[NH+](C)C)c2nc3c(Cl)cccc3s2)c(C)c1. The highest BCUT2D eigenvalue weighted by molar-refractivity contribution is 7.22. The molecule has 0 aliphatic rings. The number of aryl methyl sites for hydroxylation is 2. The number of hydrogen-bond donors (Lipinski definition) is 1. The first-order chi connectivity index (χ1) is 12.4. The lowest BCUT2D eigenvalue weighted by atomic mass is 10.0. The number of carbonyl (C=O) groups is 1. The Balaban J connectivity index is 2.03. The van der Waals surface area contributed by atoms with E-state index in [-0.39, 0.29) is 5.91 Å². The molecule has 0 fully saturated rings. The Bertz CT molecular complexity index is 951. The molecule has 1 N–H and O–H groups in total. The molecule has 2 aromatic carbocycles. The van der Waals surface area contributed by atoms with Crippen LogP contribution in [0.3, 0.4) is 0 Å². The number of rotatable bonds is 5. The summed E-state index contributed by atoms with van der Waals surface area (Å²) < 4.78 is 0.989. The fraction of sp³-hybridized carbons (Fsp3) is 0.300. The van der Waals surface area contributed by atoms with Gasteiger partial charge in [-0.3, -0.25) is 9.69 Å². The number of benzene rings is 2. The molecule has 3 rings (SSSR count). The standard InChI is InChI=1S/C20H22ClN3OS/c1-13-8-9-15(14(2)12-13)19(25)24(11-10-23(3)4)20-22-18-16(21)6-5-7-17(18)26-20/h5-9,12H,10-11H2,1-4H3/p+1. The normalized spacial score (nSPS) is 11.3. The Labute approximate surface area is 163 Å². The molecule has 136 valence electrons. The zero-order valence-electron chi connectivity index (χ0n) is 15.5. The number of nitrogens with one attached hydrogen (secondary N) is 1. The minimum atomic E-state index is -0.0149. The van der Waals surface area contributed by atoms with Gasteiger partial charge in [-0.2, -0.15) is 0 Å². The average Bonchev–Trinajstić information content (AvgIpc) is 3.00. The van der Waals surface area contributed by atoms with E-state index in [0.717, 1.165) is 33.5 Å². The van der Waals surface area contributed by atoms with Crippen LogP contribution in [0.25, 0.3) is 10.2 Å². The predicted molar refractivity (Wildman–Crippen MR) is 110 cm³/mol. The van der Waals surface area contributed by atoms with Gasteiger partial charge in [0.1, 0.15) is 5.52 Å². The van der Waals surface area contributed by atoms with Crippen LogP contribution in [-0.4, -0.2) is 38.1 Å². The zero-order chi connectivity index (χ0) is 18.8. The maximum Gasteiger partial charge on any atom is 0.260 e. The van der Waals surface area contributed by atoms with Crippen molar-refractivity contribution in [3.63, 3.8) is 0 Å². The quantitative estimate of drug-likeness (QED) is 0.727. The minimum Gasteiger partial charge on any atom is -0.338 e. The van der Waals surface area contributed by atoms with Crippen LogP contribution < -0.4 is 9.80 Å². The van der Waals surface area contributed by atoms with Gasteiger partial charge in [-0.05, 0) is 37.6 Å². The fourth-order valence-corrected chi connectivity index (χ4v) is 4.13. The summed E-state index contributed by atoms with van der Waals surface area (Å²) in [7, 11) is 4.16. The molecule has 0 radical (unpaired) electrons. The van der Waals surface area contributed by atoms with E-state index < -0.39 is 0 Å². The van der Waals surface area contributed by atoms with Crippen molar-refractivity contribution < 1.29 is 9.69 Å². The highest BCUT2D eigenvalue weighted by Gasteiger charge is 2.23. The molecule has 1 aromatic heterocycles. The van der Waals surface area contributed by atoms with Crippen molar-refractivity contribution in [1.82, 2.24) is 4.98 Å². The van der Waals surface area contributed by atoms with E-state index in [1.807, 2.05) is 50.2 Å². The number of quaternary nitrogens is 1. The lowest BCUT2D eigenvalue weighted by Crippen LogP contribution is -3.06. The van der Waals surface area contributed by atoms with Crippen LogP contribution >= 0.6 is 22.9 Å². The number of likely N-dealkylation sites (N-methyl/N-ethyl adjacent to an activating group) is 1. The van der Waals surface area contributed by atoms with Gasteiger partial charge in [0.2, 0.25) is 0 Å².